The molecule has 5 nitrogen and oxygen atoms in total. The summed E-state index contributed by atoms with van der Waals surface area (Å²) in [6, 6.07) is 17.1. The fourth-order valence-corrected chi connectivity index (χ4v) is 3.21. The first-order valence-corrected chi connectivity index (χ1v) is 8.92. The minimum atomic E-state index is -0.156. The Hall–Kier alpha value is -2.82. The minimum Gasteiger partial charge on any atom is -0.497 e. The van der Waals surface area contributed by atoms with Crippen molar-refractivity contribution in [1.29, 1.82) is 0 Å². The number of nitrogens with one attached hydrogen (secondary N) is 1. The van der Waals surface area contributed by atoms with Gasteiger partial charge >= 0.3 is 0 Å². The van der Waals surface area contributed by atoms with E-state index < -0.39 is 0 Å². The lowest BCUT2D eigenvalue weighted by Crippen LogP contribution is -2.37. The third-order valence-electron chi connectivity index (χ3n) is 4.64. The molecule has 1 heterocycles. The van der Waals surface area contributed by atoms with Gasteiger partial charge in [-0.3, -0.25) is 9.59 Å². The smallest absolute Gasteiger partial charge is 0.251 e. The van der Waals surface area contributed by atoms with Crippen LogP contribution in [0.1, 0.15) is 28.8 Å². The van der Waals surface area contributed by atoms with Crippen molar-refractivity contribution in [3.8, 4) is 5.75 Å². The molecular weight excluding hydrogens is 328 g/mol. The number of hydrogen-bond acceptors (Lipinski definition) is 3. The molecule has 2 aromatic rings. The fourth-order valence-electron chi connectivity index (χ4n) is 3.21. The van der Waals surface area contributed by atoms with Crippen LogP contribution in [0.4, 0.5) is 0 Å². The third kappa shape index (κ3) is 4.63. The molecule has 1 aliphatic rings. The zero-order chi connectivity index (χ0) is 18.4. The number of methoxy groups -OCH3 is 1. The van der Waals surface area contributed by atoms with Crippen LogP contribution in [0.2, 0.25) is 0 Å². The molecule has 2 amide bonds. The highest BCUT2D eigenvalue weighted by atomic mass is 16.5. The van der Waals surface area contributed by atoms with E-state index in [0.717, 1.165) is 19.4 Å². The lowest BCUT2D eigenvalue weighted by atomic mass is 10.1. The van der Waals surface area contributed by atoms with Crippen molar-refractivity contribution in [3.63, 3.8) is 0 Å². The summed E-state index contributed by atoms with van der Waals surface area (Å²) in [4.78, 5) is 26.4. The Morgan fingerprint density at radius 3 is 2.58 bits per heavy atom. The molecular formula is C21H24N2O3. The lowest BCUT2D eigenvalue weighted by molar-refractivity contribution is -0.127. The number of aryl methyl sites for hydroxylation is 1. The molecule has 0 aromatic heterocycles. The average Bonchev–Trinajstić information content (AvgIpc) is 3.02. The molecule has 26 heavy (non-hydrogen) atoms. The molecule has 1 fully saturated rings. The van der Waals surface area contributed by atoms with Crippen LogP contribution in [0.5, 0.6) is 5.75 Å². The van der Waals surface area contributed by atoms with Crippen LogP contribution in [-0.2, 0) is 11.2 Å². The van der Waals surface area contributed by atoms with Crippen molar-refractivity contribution >= 4 is 11.8 Å². The topological polar surface area (TPSA) is 58.6 Å². The average molecular weight is 352 g/mol. The van der Waals surface area contributed by atoms with Gasteiger partial charge in [-0.25, -0.2) is 0 Å². The number of carbonyl (C=O) groups excluding carboxylic acids is 2. The largest absolute Gasteiger partial charge is 0.497 e. The zero-order valence-electron chi connectivity index (χ0n) is 15.0. The number of ether oxygens (including phenoxy) is 1. The summed E-state index contributed by atoms with van der Waals surface area (Å²) in [5.41, 5.74) is 1.85. The minimum absolute atomic E-state index is 0.109. The van der Waals surface area contributed by atoms with Crippen LogP contribution >= 0.6 is 0 Å². The van der Waals surface area contributed by atoms with Gasteiger partial charge in [0.05, 0.1) is 13.2 Å². The van der Waals surface area contributed by atoms with Crippen molar-refractivity contribution in [2.75, 3.05) is 20.2 Å². The Bertz CT molecular complexity index is 744. The number of likely N-dealkylation sites (tertiary alicyclic amines) is 1. The van der Waals surface area contributed by atoms with Gasteiger partial charge in [-0.15, -0.1) is 0 Å². The van der Waals surface area contributed by atoms with Gasteiger partial charge in [-0.1, -0.05) is 30.3 Å². The summed E-state index contributed by atoms with van der Waals surface area (Å²) in [6.45, 7) is 1.30. The van der Waals surface area contributed by atoms with Crippen LogP contribution in [0, 0.1) is 0 Å². The number of benzene rings is 2. The molecule has 2 aromatic carbocycles. The van der Waals surface area contributed by atoms with Crippen LogP contribution in [0.3, 0.4) is 0 Å². The maximum Gasteiger partial charge on any atom is 0.251 e. The second-order valence-electron chi connectivity index (χ2n) is 6.53. The molecule has 1 N–H and O–H groups in total. The predicted molar refractivity (Wildman–Crippen MR) is 100 cm³/mol. The molecule has 0 aliphatic carbocycles. The summed E-state index contributed by atoms with van der Waals surface area (Å²) in [5, 5.41) is 2.96. The van der Waals surface area contributed by atoms with Crippen LogP contribution in [0.15, 0.2) is 54.6 Å². The Labute approximate surface area is 154 Å². The van der Waals surface area contributed by atoms with E-state index in [2.05, 4.69) is 17.4 Å². The van der Waals surface area contributed by atoms with Gasteiger partial charge in [-0.2, -0.15) is 0 Å². The Kier molecular flexibility index (Phi) is 5.89. The van der Waals surface area contributed by atoms with Crippen molar-refractivity contribution in [2.24, 2.45) is 0 Å². The Morgan fingerprint density at radius 2 is 1.88 bits per heavy atom. The standard InChI is InChI=1S/C21H24N2O3/c1-26-19-11-9-17(10-12-19)21(25)22-18-14-20(24)23(15-18)13-5-8-16-6-3-2-4-7-16/h2-4,6-7,9-12,18H,5,8,13-15H2,1H3,(H,22,25). The second kappa shape index (κ2) is 8.52. The highest BCUT2D eigenvalue weighted by molar-refractivity contribution is 5.95. The number of amides is 2. The Balaban J connectivity index is 1.46. The first-order chi connectivity index (χ1) is 12.7. The van der Waals surface area contributed by atoms with E-state index in [4.69, 9.17) is 4.74 Å². The van der Waals surface area contributed by atoms with Gasteiger partial charge in [-0.05, 0) is 42.7 Å². The number of carbonyl (C=O) groups is 2. The van der Waals surface area contributed by atoms with Gasteiger partial charge < -0.3 is 15.0 Å². The van der Waals surface area contributed by atoms with Crippen LogP contribution in [0.25, 0.3) is 0 Å². The van der Waals surface area contributed by atoms with Gasteiger partial charge in [0, 0.05) is 25.1 Å². The monoisotopic (exact) mass is 352 g/mol. The zero-order valence-corrected chi connectivity index (χ0v) is 15.0. The highest BCUT2D eigenvalue weighted by Crippen LogP contribution is 2.15. The van der Waals surface area contributed by atoms with Gasteiger partial charge in [0.1, 0.15) is 5.75 Å². The first kappa shape index (κ1) is 18.0. The molecule has 3 rings (SSSR count). The molecule has 1 saturated heterocycles. The van der Waals surface area contributed by atoms with Gasteiger partial charge in [0.15, 0.2) is 0 Å². The highest BCUT2D eigenvalue weighted by Gasteiger charge is 2.30. The fraction of sp³-hybridized carbons (Fsp3) is 0.333. The molecule has 1 aliphatic heterocycles. The third-order valence-corrected chi connectivity index (χ3v) is 4.64. The summed E-state index contributed by atoms with van der Waals surface area (Å²) >= 11 is 0. The number of hydrogen-bond donors (Lipinski definition) is 1. The quantitative estimate of drug-likeness (QED) is 0.833. The van der Waals surface area contributed by atoms with Gasteiger partial charge in [0.2, 0.25) is 5.91 Å². The van der Waals surface area contributed by atoms with Gasteiger partial charge in [0.25, 0.3) is 5.91 Å². The van der Waals surface area contributed by atoms with Crippen molar-refractivity contribution in [3.05, 3.63) is 65.7 Å². The summed E-state index contributed by atoms with van der Waals surface area (Å²) in [7, 11) is 1.59. The predicted octanol–water partition coefficient (Wildman–Crippen LogP) is 2.66. The first-order valence-electron chi connectivity index (χ1n) is 8.92. The summed E-state index contributed by atoms with van der Waals surface area (Å²) in [6.07, 6.45) is 2.25. The van der Waals surface area contributed by atoms with E-state index in [1.807, 2.05) is 23.1 Å². The summed E-state index contributed by atoms with van der Waals surface area (Å²) in [5.74, 6) is 0.664. The molecule has 1 atom stereocenters. The Morgan fingerprint density at radius 1 is 1.15 bits per heavy atom. The second-order valence-corrected chi connectivity index (χ2v) is 6.53. The van der Waals surface area contributed by atoms with E-state index in [0.29, 0.717) is 24.3 Å². The number of rotatable bonds is 7. The lowest BCUT2D eigenvalue weighted by Gasteiger charge is -2.17. The molecule has 5 heteroatoms. The van der Waals surface area contributed by atoms with Crippen molar-refractivity contribution < 1.29 is 14.3 Å². The molecule has 0 radical (unpaired) electrons. The van der Waals surface area contributed by atoms with Crippen molar-refractivity contribution in [2.45, 2.75) is 25.3 Å². The van der Waals surface area contributed by atoms with Crippen LogP contribution in [-0.4, -0.2) is 43.0 Å². The SMILES string of the molecule is COc1ccc(C(=O)NC2CC(=O)N(CCCc3ccccc3)C2)cc1. The molecule has 1 unspecified atom stereocenters. The van der Waals surface area contributed by atoms with E-state index >= 15 is 0 Å². The maximum absolute atomic E-state index is 12.3. The molecule has 0 saturated carbocycles. The van der Waals surface area contributed by atoms with Crippen molar-refractivity contribution in [1.82, 2.24) is 10.2 Å². The molecule has 0 bridgehead atoms. The van der Waals surface area contributed by atoms with E-state index in [1.165, 1.54) is 5.56 Å². The number of nitrogens with zero attached hydrogens (tertiary/aromatic N) is 1. The van der Waals surface area contributed by atoms with E-state index in [1.54, 1.807) is 31.4 Å². The van der Waals surface area contributed by atoms with E-state index in [-0.39, 0.29) is 17.9 Å². The maximum atomic E-state index is 12.3. The molecule has 0 spiro atoms. The van der Waals surface area contributed by atoms with E-state index in [9.17, 15) is 9.59 Å². The van der Waals surface area contributed by atoms with Crippen LogP contribution < -0.4 is 10.1 Å². The molecule has 136 valence electrons. The summed E-state index contributed by atoms with van der Waals surface area (Å²) < 4.78 is 5.10. The normalized spacial score (nSPS) is 16.6.